The Morgan fingerprint density at radius 1 is 1.47 bits per heavy atom. The van der Waals surface area contributed by atoms with E-state index in [0.29, 0.717) is 5.69 Å². The highest BCUT2D eigenvalue weighted by molar-refractivity contribution is 6.00. The summed E-state index contributed by atoms with van der Waals surface area (Å²) in [4.78, 5) is 15.5. The second-order valence-corrected chi connectivity index (χ2v) is 3.32. The Morgan fingerprint density at radius 2 is 2.35 bits per heavy atom. The predicted molar refractivity (Wildman–Crippen MR) is 60.8 cm³/mol. The van der Waals surface area contributed by atoms with Crippen molar-refractivity contribution in [3.8, 4) is 0 Å². The fourth-order valence-electron chi connectivity index (χ4n) is 1.11. The molecule has 0 aliphatic heterocycles. The number of anilines is 1. The van der Waals surface area contributed by atoms with Gasteiger partial charge in [0.2, 0.25) is 0 Å². The predicted octanol–water partition coefficient (Wildman–Crippen LogP) is 0.555. The Kier molecular flexibility index (Phi) is 3.20. The van der Waals surface area contributed by atoms with Crippen molar-refractivity contribution >= 4 is 17.9 Å². The fourth-order valence-corrected chi connectivity index (χ4v) is 1.11. The van der Waals surface area contributed by atoms with Crippen LogP contribution in [0.4, 0.5) is 5.95 Å². The second kappa shape index (κ2) is 4.97. The van der Waals surface area contributed by atoms with Gasteiger partial charge in [-0.2, -0.15) is 5.21 Å². The van der Waals surface area contributed by atoms with Gasteiger partial charge in [-0.25, -0.2) is 0 Å². The van der Waals surface area contributed by atoms with E-state index in [1.165, 1.54) is 6.08 Å². The largest absolute Gasteiger partial charge is 0.288 e. The van der Waals surface area contributed by atoms with E-state index in [1.807, 2.05) is 19.1 Å². The maximum Gasteiger partial charge on any atom is 0.270 e. The summed E-state index contributed by atoms with van der Waals surface area (Å²) in [5.74, 6) is -0.203. The lowest BCUT2D eigenvalue weighted by molar-refractivity contribution is -0.111. The number of carbonyl (C=O) groups excluding carboxylic acids is 1. The zero-order valence-electron chi connectivity index (χ0n) is 9.08. The van der Waals surface area contributed by atoms with E-state index >= 15 is 0 Å². The average molecular weight is 230 g/mol. The molecule has 0 radical (unpaired) electrons. The number of hydrogen-bond acceptors (Lipinski definition) is 5. The summed E-state index contributed by atoms with van der Waals surface area (Å²) in [6.45, 7) is 1.95. The lowest BCUT2D eigenvalue weighted by Gasteiger charge is -1.94. The standard InChI is InChI=1S/C10H10N6O/c1-7-2-3-8(11-6-7)4-5-9(17)12-10-13-15-16-14-10/h2-6H,1H3,(H2,12,13,14,15,16,17). The molecule has 0 aliphatic carbocycles. The van der Waals surface area contributed by atoms with Gasteiger partial charge >= 0.3 is 0 Å². The normalized spacial score (nSPS) is 10.6. The zero-order valence-corrected chi connectivity index (χ0v) is 9.08. The Hall–Kier alpha value is -2.57. The molecule has 2 rings (SSSR count). The van der Waals surface area contributed by atoms with Gasteiger partial charge < -0.3 is 0 Å². The molecule has 1 amide bonds. The molecule has 0 saturated carbocycles. The number of amides is 1. The number of nitrogens with one attached hydrogen (secondary N) is 2. The maximum absolute atomic E-state index is 11.4. The minimum Gasteiger partial charge on any atom is -0.288 e. The van der Waals surface area contributed by atoms with Gasteiger partial charge in [0.1, 0.15) is 0 Å². The van der Waals surface area contributed by atoms with Crippen molar-refractivity contribution < 1.29 is 4.79 Å². The van der Waals surface area contributed by atoms with Crippen molar-refractivity contribution in [1.29, 1.82) is 0 Å². The smallest absolute Gasteiger partial charge is 0.270 e. The number of pyridine rings is 1. The minimum absolute atomic E-state index is 0.136. The number of H-pyrrole nitrogens is 1. The second-order valence-electron chi connectivity index (χ2n) is 3.32. The van der Waals surface area contributed by atoms with E-state index < -0.39 is 0 Å². The molecule has 2 heterocycles. The molecule has 7 nitrogen and oxygen atoms in total. The molecule has 0 bridgehead atoms. The summed E-state index contributed by atoms with van der Waals surface area (Å²) in [6.07, 6.45) is 4.69. The molecule has 0 aliphatic rings. The third-order valence-corrected chi connectivity index (χ3v) is 1.92. The number of carbonyl (C=O) groups is 1. The molecule has 7 heteroatoms. The first-order valence-corrected chi connectivity index (χ1v) is 4.89. The summed E-state index contributed by atoms with van der Waals surface area (Å²) < 4.78 is 0. The van der Waals surface area contributed by atoms with E-state index in [-0.39, 0.29) is 11.9 Å². The number of aromatic amines is 1. The summed E-state index contributed by atoms with van der Waals surface area (Å²) in [6, 6.07) is 3.75. The first-order chi connectivity index (χ1) is 8.24. The first kappa shape index (κ1) is 10.9. The Bertz CT molecular complexity index is 516. The molecule has 2 N–H and O–H groups in total. The van der Waals surface area contributed by atoms with E-state index in [9.17, 15) is 4.79 Å². The molecular formula is C10H10N6O. The Labute approximate surface area is 97.0 Å². The van der Waals surface area contributed by atoms with Gasteiger partial charge in [-0.05, 0) is 29.8 Å². The van der Waals surface area contributed by atoms with Crippen molar-refractivity contribution in [3.63, 3.8) is 0 Å². The van der Waals surface area contributed by atoms with Crippen LogP contribution < -0.4 is 5.32 Å². The molecule has 0 atom stereocenters. The van der Waals surface area contributed by atoms with Gasteiger partial charge in [-0.3, -0.25) is 15.1 Å². The number of rotatable bonds is 3. The SMILES string of the molecule is Cc1ccc(C=CC(=O)Nc2nn[nH]n2)nc1. The molecule has 0 spiro atoms. The highest BCUT2D eigenvalue weighted by atomic mass is 16.1. The third kappa shape index (κ3) is 3.20. The maximum atomic E-state index is 11.4. The molecule has 0 saturated heterocycles. The van der Waals surface area contributed by atoms with Crippen LogP contribution in [0.3, 0.4) is 0 Å². The zero-order chi connectivity index (χ0) is 12.1. The summed E-state index contributed by atoms with van der Waals surface area (Å²) in [5.41, 5.74) is 1.78. The summed E-state index contributed by atoms with van der Waals surface area (Å²) in [5, 5.41) is 15.2. The molecule has 2 aromatic heterocycles. The number of aromatic nitrogens is 5. The van der Waals surface area contributed by atoms with Crippen LogP contribution in [0.2, 0.25) is 0 Å². The van der Waals surface area contributed by atoms with Crippen LogP contribution in [0.5, 0.6) is 0 Å². The topological polar surface area (TPSA) is 96.5 Å². The number of aryl methyl sites for hydroxylation is 1. The van der Waals surface area contributed by atoms with E-state index in [4.69, 9.17) is 0 Å². The van der Waals surface area contributed by atoms with Gasteiger partial charge in [0.15, 0.2) is 0 Å². The van der Waals surface area contributed by atoms with Crippen molar-refractivity contribution in [2.24, 2.45) is 0 Å². The first-order valence-electron chi connectivity index (χ1n) is 4.89. The Morgan fingerprint density at radius 3 is 3.00 bits per heavy atom. The summed E-state index contributed by atoms with van der Waals surface area (Å²) in [7, 11) is 0. The van der Waals surface area contributed by atoms with Crippen LogP contribution in [0, 0.1) is 6.92 Å². The Balaban J connectivity index is 1.96. The monoisotopic (exact) mass is 230 g/mol. The lowest BCUT2D eigenvalue weighted by atomic mass is 10.2. The molecule has 0 unspecified atom stereocenters. The number of hydrogen-bond donors (Lipinski definition) is 2. The molecule has 2 aromatic rings. The molecule has 86 valence electrons. The van der Waals surface area contributed by atoms with Crippen LogP contribution in [0.1, 0.15) is 11.3 Å². The molecule has 17 heavy (non-hydrogen) atoms. The van der Waals surface area contributed by atoms with Gasteiger partial charge in [-0.1, -0.05) is 11.2 Å². The number of tetrazole rings is 1. The molecular weight excluding hydrogens is 220 g/mol. The van der Waals surface area contributed by atoms with Crippen LogP contribution in [-0.4, -0.2) is 31.5 Å². The van der Waals surface area contributed by atoms with Gasteiger partial charge in [0.25, 0.3) is 11.9 Å². The minimum atomic E-state index is -0.339. The van der Waals surface area contributed by atoms with Crippen molar-refractivity contribution in [2.75, 3.05) is 5.32 Å². The highest BCUT2D eigenvalue weighted by Gasteiger charge is 2.00. The van der Waals surface area contributed by atoms with E-state index in [0.717, 1.165) is 5.56 Å². The van der Waals surface area contributed by atoms with E-state index in [2.05, 4.69) is 30.9 Å². The highest BCUT2D eigenvalue weighted by Crippen LogP contribution is 2.01. The number of nitrogens with zero attached hydrogens (tertiary/aromatic N) is 4. The van der Waals surface area contributed by atoms with Crippen LogP contribution in [-0.2, 0) is 4.79 Å². The van der Waals surface area contributed by atoms with Crippen LogP contribution in [0.15, 0.2) is 24.4 Å². The van der Waals surface area contributed by atoms with Crippen molar-refractivity contribution in [1.82, 2.24) is 25.6 Å². The lowest BCUT2D eigenvalue weighted by Crippen LogP contribution is -2.09. The van der Waals surface area contributed by atoms with Crippen molar-refractivity contribution in [2.45, 2.75) is 6.92 Å². The van der Waals surface area contributed by atoms with Gasteiger partial charge in [0.05, 0.1) is 5.69 Å². The fraction of sp³-hybridized carbons (Fsp3) is 0.100. The average Bonchev–Trinajstić information content (AvgIpc) is 2.81. The van der Waals surface area contributed by atoms with Gasteiger partial charge in [0, 0.05) is 12.3 Å². The summed E-state index contributed by atoms with van der Waals surface area (Å²) >= 11 is 0. The third-order valence-electron chi connectivity index (χ3n) is 1.92. The van der Waals surface area contributed by atoms with Gasteiger partial charge in [-0.15, -0.1) is 5.10 Å². The quantitative estimate of drug-likeness (QED) is 0.751. The molecule has 0 aromatic carbocycles. The van der Waals surface area contributed by atoms with Crippen LogP contribution in [0.25, 0.3) is 6.08 Å². The van der Waals surface area contributed by atoms with Crippen molar-refractivity contribution in [3.05, 3.63) is 35.7 Å². The van der Waals surface area contributed by atoms with Crippen LogP contribution >= 0.6 is 0 Å². The van der Waals surface area contributed by atoms with E-state index in [1.54, 1.807) is 12.3 Å². The molecule has 0 fully saturated rings.